The minimum Gasteiger partial charge on any atom is -0.480 e. The van der Waals surface area contributed by atoms with Crippen molar-refractivity contribution in [2.45, 2.75) is 78.0 Å². The Kier molecular flexibility index (Phi) is 11.6. The van der Waals surface area contributed by atoms with Crippen LogP contribution in [0.3, 0.4) is 0 Å². The highest BCUT2D eigenvalue weighted by Gasteiger charge is 2.32. The Balaban J connectivity index is 3.08. The molecule has 1 aromatic carbocycles. The average molecular weight is 463 g/mol. The number of aliphatic carboxylic acids is 1. The quantitative estimate of drug-likeness (QED) is 0.297. The second-order valence-corrected chi connectivity index (χ2v) is 8.60. The minimum atomic E-state index is -1.18. The van der Waals surface area contributed by atoms with E-state index in [1.54, 1.807) is 0 Å². The summed E-state index contributed by atoms with van der Waals surface area (Å²) in [7, 11) is 0. The smallest absolute Gasteiger partial charge is 0.325 e. The maximum absolute atomic E-state index is 13.2. The van der Waals surface area contributed by atoms with Gasteiger partial charge in [0.2, 0.25) is 17.7 Å². The van der Waals surface area contributed by atoms with Gasteiger partial charge < -0.3 is 26.8 Å². The standard InChI is InChI=1S/C24H38N4O5/c1-6-14(3)19(25)22(30)28-20(15(4)7-2)23(31)27-18(13-17-11-9-8-10-12-17)21(29)26-16(5)24(32)33/h8-12,14-16,18-20H,6-7,13,25H2,1-5H3,(H,26,29)(H,27,31)(H,28,30)(H,32,33). The molecule has 184 valence electrons. The van der Waals surface area contributed by atoms with Gasteiger partial charge in [-0.25, -0.2) is 0 Å². The van der Waals surface area contributed by atoms with Crippen LogP contribution in [0.2, 0.25) is 0 Å². The lowest BCUT2D eigenvalue weighted by Gasteiger charge is -2.28. The van der Waals surface area contributed by atoms with Gasteiger partial charge in [-0.3, -0.25) is 19.2 Å². The molecule has 0 radical (unpaired) electrons. The summed E-state index contributed by atoms with van der Waals surface area (Å²) in [6, 6.07) is 5.29. The van der Waals surface area contributed by atoms with Crippen molar-refractivity contribution in [3.05, 3.63) is 35.9 Å². The Labute approximate surface area is 195 Å². The highest BCUT2D eigenvalue weighted by atomic mass is 16.4. The summed E-state index contributed by atoms with van der Waals surface area (Å²) in [5, 5.41) is 17.0. The van der Waals surface area contributed by atoms with E-state index >= 15 is 0 Å². The predicted octanol–water partition coefficient (Wildman–Crippen LogP) is 1.21. The third kappa shape index (κ3) is 8.84. The molecule has 0 fully saturated rings. The van der Waals surface area contributed by atoms with Crippen LogP contribution in [0.1, 0.15) is 53.0 Å². The minimum absolute atomic E-state index is 0.0558. The molecule has 1 rings (SSSR count). The van der Waals surface area contributed by atoms with Crippen LogP contribution < -0.4 is 21.7 Å². The van der Waals surface area contributed by atoms with Crippen LogP contribution in [-0.2, 0) is 25.6 Å². The first kappa shape index (κ1) is 28.1. The van der Waals surface area contributed by atoms with Crippen LogP contribution in [0, 0.1) is 11.8 Å². The predicted molar refractivity (Wildman–Crippen MR) is 126 cm³/mol. The lowest BCUT2D eigenvalue weighted by Crippen LogP contribution is -2.59. The van der Waals surface area contributed by atoms with Crippen molar-refractivity contribution in [1.29, 1.82) is 0 Å². The molecule has 6 atom stereocenters. The van der Waals surface area contributed by atoms with Gasteiger partial charge in [-0.05, 0) is 24.3 Å². The summed E-state index contributed by atoms with van der Waals surface area (Å²) in [5.74, 6) is -3.01. The fourth-order valence-electron chi connectivity index (χ4n) is 3.16. The van der Waals surface area contributed by atoms with E-state index in [4.69, 9.17) is 10.8 Å². The van der Waals surface area contributed by atoms with Crippen LogP contribution in [0.4, 0.5) is 0 Å². The van der Waals surface area contributed by atoms with E-state index in [0.717, 1.165) is 12.0 Å². The number of carboxylic acids is 1. The molecular weight excluding hydrogens is 424 g/mol. The van der Waals surface area contributed by atoms with E-state index in [0.29, 0.717) is 6.42 Å². The summed E-state index contributed by atoms with van der Waals surface area (Å²) >= 11 is 0. The summed E-state index contributed by atoms with van der Waals surface area (Å²) in [4.78, 5) is 49.9. The zero-order valence-electron chi connectivity index (χ0n) is 20.1. The maximum Gasteiger partial charge on any atom is 0.325 e. The molecule has 3 amide bonds. The van der Waals surface area contributed by atoms with Gasteiger partial charge in [0.1, 0.15) is 18.1 Å². The van der Waals surface area contributed by atoms with Crippen LogP contribution >= 0.6 is 0 Å². The fraction of sp³-hybridized carbons (Fsp3) is 0.583. The van der Waals surface area contributed by atoms with Gasteiger partial charge in [-0.2, -0.15) is 0 Å². The van der Waals surface area contributed by atoms with E-state index < -0.39 is 47.9 Å². The lowest BCUT2D eigenvalue weighted by molar-refractivity contribution is -0.141. The summed E-state index contributed by atoms with van der Waals surface area (Å²) in [6.45, 7) is 8.88. The zero-order valence-corrected chi connectivity index (χ0v) is 20.1. The van der Waals surface area contributed by atoms with Crippen molar-refractivity contribution in [3.8, 4) is 0 Å². The number of nitrogens with two attached hydrogens (primary N) is 1. The lowest BCUT2D eigenvalue weighted by atomic mass is 9.95. The highest BCUT2D eigenvalue weighted by Crippen LogP contribution is 2.12. The number of carboxylic acid groups (broad SMARTS) is 1. The van der Waals surface area contributed by atoms with Crippen LogP contribution in [-0.4, -0.2) is 53.0 Å². The molecule has 0 aliphatic heterocycles. The van der Waals surface area contributed by atoms with Gasteiger partial charge in [-0.15, -0.1) is 0 Å². The zero-order chi connectivity index (χ0) is 25.1. The largest absolute Gasteiger partial charge is 0.480 e. The third-order valence-electron chi connectivity index (χ3n) is 6.00. The van der Waals surface area contributed by atoms with Gasteiger partial charge in [0.25, 0.3) is 0 Å². The van der Waals surface area contributed by atoms with Crippen molar-refractivity contribution >= 4 is 23.7 Å². The van der Waals surface area contributed by atoms with E-state index in [2.05, 4.69) is 16.0 Å². The molecule has 0 spiro atoms. The average Bonchev–Trinajstić information content (AvgIpc) is 2.80. The molecule has 9 heteroatoms. The molecule has 0 aromatic heterocycles. The molecule has 0 bridgehead atoms. The molecule has 0 saturated heterocycles. The Morgan fingerprint density at radius 3 is 1.94 bits per heavy atom. The molecule has 0 aliphatic rings. The SMILES string of the molecule is CCC(C)C(N)C(=O)NC(C(=O)NC(Cc1ccccc1)C(=O)NC(C)C(=O)O)C(C)CC. The third-order valence-corrected chi connectivity index (χ3v) is 6.00. The molecule has 0 heterocycles. The van der Waals surface area contributed by atoms with Crippen LogP contribution in [0.15, 0.2) is 30.3 Å². The van der Waals surface area contributed by atoms with Crippen molar-refractivity contribution in [2.75, 3.05) is 0 Å². The monoisotopic (exact) mass is 462 g/mol. The van der Waals surface area contributed by atoms with Gasteiger partial charge in [-0.1, -0.05) is 70.9 Å². The molecule has 0 aliphatic carbocycles. The topological polar surface area (TPSA) is 151 Å². The van der Waals surface area contributed by atoms with Gasteiger partial charge in [0.15, 0.2) is 0 Å². The van der Waals surface area contributed by atoms with E-state index in [1.165, 1.54) is 6.92 Å². The van der Waals surface area contributed by atoms with Crippen LogP contribution in [0.5, 0.6) is 0 Å². The molecule has 6 unspecified atom stereocenters. The van der Waals surface area contributed by atoms with E-state index in [-0.39, 0.29) is 18.3 Å². The number of hydrogen-bond donors (Lipinski definition) is 5. The second-order valence-electron chi connectivity index (χ2n) is 8.60. The number of hydrogen-bond acceptors (Lipinski definition) is 5. The summed E-state index contributed by atoms with van der Waals surface area (Å²) in [5.41, 5.74) is 6.83. The van der Waals surface area contributed by atoms with E-state index in [1.807, 2.05) is 58.0 Å². The number of amides is 3. The Morgan fingerprint density at radius 1 is 0.848 bits per heavy atom. The number of carbonyl (C=O) groups excluding carboxylic acids is 3. The first-order valence-electron chi connectivity index (χ1n) is 11.4. The molecule has 33 heavy (non-hydrogen) atoms. The molecular formula is C24H38N4O5. The van der Waals surface area contributed by atoms with Gasteiger partial charge in [0.05, 0.1) is 6.04 Å². The van der Waals surface area contributed by atoms with Crippen molar-refractivity contribution in [3.63, 3.8) is 0 Å². The Morgan fingerprint density at radius 2 is 1.42 bits per heavy atom. The van der Waals surface area contributed by atoms with E-state index in [9.17, 15) is 19.2 Å². The molecule has 6 N–H and O–H groups in total. The first-order valence-corrected chi connectivity index (χ1v) is 11.4. The van der Waals surface area contributed by atoms with Crippen molar-refractivity contribution in [2.24, 2.45) is 17.6 Å². The summed E-state index contributed by atoms with van der Waals surface area (Å²) < 4.78 is 0. The fourth-order valence-corrected chi connectivity index (χ4v) is 3.16. The number of rotatable bonds is 13. The van der Waals surface area contributed by atoms with Gasteiger partial charge in [0, 0.05) is 6.42 Å². The normalized spacial score (nSPS) is 16.4. The van der Waals surface area contributed by atoms with Crippen molar-refractivity contribution < 1.29 is 24.3 Å². The molecule has 0 saturated carbocycles. The van der Waals surface area contributed by atoms with Crippen LogP contribution in [0.25, 0.3) is 0 Å². The number of carbonyl (C=O) groups is 4. The Hall–Kier alpha value is -2.94. The number of benzene rings is 1. The number of nitrogens with one attached hydrogen (secondary N) is 3. The first-order chi connectivity index (χ1) is 15.5. The maximum atomic E-state index is 13.2. The molecule has 9 nitrogen and oxygen atoms in total. The van der Waals surface area contributed by atoms with Crippen molar-refractivity contribution in [1.82, 2.24) is 16.0 Å². The van der Waals surface area contributed by atoms with Gasteiger partial charge >= 0.3 is 5.97 Å². The summed E-state index contributed by atoms with van der Waals surface area (Å²) in [6.07, 6.45) is 1.50. The molecule has 1 aromatic rings. The second kappa shape index (κ2) is 13.6. The Bertz CT molecular complexity index is 801. The highest BCUT2D eigenvalue weighted by molar-refractivity contribution is 5.94.